The summed E-state index contributed by atoms with van der Waals surface area (Å²) in [6.45, 7) is 3.16. The molecule has 0 aromatic heterocycles. The molecule has 158 valence electrons. The van der Waals surface area contributed by atoms with E-state index in [4.69, 9.17) is 0 Å². The van der Waals surface area contributed by atoms with Crippen molar-refractivity contribution in [2.45, 2.75) is 18.4 Å². The topological polar surface area (TPSA) is 86.8 Å². The van der Waals surface area contributed by atoms with Crippen molar-refractivity contribution in [3.8, 4) is 0 Å². The van der Waals surface area contributed by atoms with Crippen molar-refractivity contribution in [1.82, 2.24) is 15.1 Å². The van der Waals surface area contributed by atoms with Gasteiger partial charge in [0.25, 0.3) is 5.91 Å². The van der Waals surface area contributed by atoms with E-state index >= 15 is 0 Å². The van der Waals surface area contributed by atoms with Crippen molar-refractivity contribution in [3.05, 3.63) is 45.9 Å². The Morgan fingerprint density at radius 3 is 2.33 bits per heavy atom. The van der Waals surface area contributed by atoms with Crippen molar-refractivity contribution >= 4 is 47.5 Å². The first kappa shape index (κ1) is 21.1. The van der Waals surface area contributed by atoms with E-state index in [1.165, 1.54) is 11.8 Å². The number of halogens is 1. The Bertz CT molecular complexity index is 988. The fourth-order valence-electron chi connectivity index (χ4n) is 4.69. The fraction of sp³-hybridized carbons (Fsp3) is 0.429. The number of Topliss-reactive ketones (excluding diaryl/α,β-unsaturated/α-hetero) is 2. The lowest BCUT2D eigenvalue weighted by Crippen LogP contribution is -2.69. The molecule has 0 radical (unpaired) electrons. The SMILES string of the molecule is Cl.O=C1CN(CCN2CCCC2)C(=O)C2(CSC3=C2C(=O)c2ccccc2C3=O)N1. The van der Waals surface area contributed by atoms with Crippen LogP contribution in [0.4, 0.5) is 0 Å². The van der Waals surface area contributed by atoms with Crippen LogP contribution >= 0.6 is 24.2 Å². The van der Waals surface area contributed by atoms with Gasteiger partial charge in [0.2, 0.25) is 11.7 Å². The van der Waals surface area contributed by atoms with Gasteiger partial charge in [0.1, 0.15) is 0 Å². The largest absolute Gasteiger partial charge is 0.336 e. The third-order valence-electron chi connectivity index (χ3n) is 6.16. The molecule has 1 unspecified atom stereocenters. The van der Waals surface area contributed by atoms with Crippen LogP contribution < -0.4 is 5.32 Å². The van der Waals surface area contributed by atoms with Gasteiger partial charge in [-0.3, -0.25) is 19.2 Å². The number of hydrogen-bond acceptors (Lipinski definition) is 6. The summed E-state index contributed by atoms with van der Waals surface area (Å²) in [5.41, 5.74) is -0.633. The summed E-state index contributed by atoms with van der Waals surface area (Å²) in [5.74, 6) is -0.981. The summed E-state index contributed by atoms with van der Waals surface area (Å²) >= 11 is 1.19. The molecule has 1 spiro atoms. The van der Waals surface area contributed by atoms with Gasteiger partial charge in [0, 0.05) is 30.0 Å². The summed E-state index contributed by atoms with van der Waals surface area (Å²) in [5, 5.41) is 2.78. The van der Waals surface area contributed by atoms with Crippen molar-refractivity contribution < 1.29 is 19.2 Å². The highest BCUT2D eigenvalue weighted by Gasteiger charge is 2.58. The first-order chi connectivity index (χ1) is 14.0. The Balaban J connectivity index is 0.00000218. The first-order valence-corrected chi connectivity index (χ1v) is 10.9. The first-order valence-electron chi connectivity index (χ1n) is 9.90. The molecule has 1 N–H and O–H groups in total. The number of nitrogens with zero attached hydrogens (tertiary/aromatic N) is 2. The Morgan fingerprint density at radius 2 is 1.63 bits per heavy atom. The number of ketones is 2. The molecule has 3 heterocycles. The van der Waals surface area contributed by atoms with E-state index in [9.17, 15) is 19.2 Å². The number of thioether (sulfide) groups is 1. The number of carbonyl (C=O) groups is 4. The van der Waals surface area contributed by atoms with Gasteiger partial charge in [-0.05, 0) is 25.9 Å². The lowest BCUT2D eigenvalue weighted by molar-refractivity contribution is -0.147. The van der Waals surface area contributed by atoms with E-state index in [1.807, 2.05) is 0 Å². The standard InChI is InChI=1S/C21H21N3O4S.ClH/c25-15-11-24(10-9-23-7-3-4-8-23)20(28)21(22-15)12-29-19-16(21)17(26)13-5-1-2-6-14(13)18(19)27;/h1-2,5-6H,3-4,7-12H2,(H,22,25);1H. The average Bonchev–Trinajstić information content (AvgIpc) is 3.37. The van der Waals surface area contributed by atoms with Gasteiger partial charge in [0.05, 0.1) is 17.0 Å². The smallest absolute Gasteiger partial charge is 0.254 e. The summed E-state index contributed by atoms with van der Waals surface area (Å²) in [6.07, 6.45) is 2.31. The highest BCUT2D eigenvalue weighted by Crippen LogP contribution is 2.46. The number of fused-ring (bicyclic) bond motifs is 2. The molecule has 7 nitrogen and oxygen atoms in total. The monoisotopic (exact) mass is 447 g/mol. The van der Waals surface area contributed by atoms with Gasteiger partial charge in [-0.2, -0.15) is 0 Å². The van der Waals surface area contributed by atoms with E-state index in [0.717, 1.165) is 25.9 Å². The average molecular weight is 448 g/mol. The predicted octanol–water partition coefficient (Wildman–Crippen LogP) is 1.28. The summed E-state index contributed by atoms with van der Waals surface area (Å²) in [4.78, 5) is 56.4. The molecule has 5 rings (SSSR count). The Morgan fingerprint density at radius 1 is 0.967 bits per heavy atom. The molecule has 2 amide bonds. The van der Waals surface area contributed by atoms with Gasteiger partial charge >= 0.3 is 0 Å². The Labute approximate surface area is 184 Å². The molecule has 4 aliphatic rings. The fourth-order valence-corrected chi connectivity index (χ4v) is 6.05. The van der Waals surface area contributed by atoms with Crippen LogP contribution in [0.25, 0.3) is 0 Å². The number of likely N-dealkylation sites (tertiary alicyclic amines) is 1. The van der Waals surface area contributed by atoms with Gasteiger partial charge in [0.15, 0.2) is 11.3 Å². The minimum atomic E-state index is -1.44. The maximum absolute atomic E-state index is 13.5. The molecule has 1 aromatic carbocycles. The van der Waals surface area contributed by atoms with Gasteiger partial charge in [-0.15, -0.1) is 24.2 Å². The van der Waals surface area contributed by atoms with Crippen LogP contribution in [0.2, 0.25) is 0 Å². The van der Waals surface area contributed by atoms with Crippen LogP contribution in [0, 0.1) is 0 Å². The number of benzene rings is 1. The second kappa shape index (κ2) is 7.83. The van der Waals surface area contributed by atoms with Gasteiger partial charge in [-0.1, -0.05) is 24.3 Å². The number of allylic oxidation sites excluding steroid dienone is 1. The highest BCUT2D eigenvalue weighted by molar-refractivity contribution is 8.04. The molecule has 1 aromatic rings. The number of amides is 2. The van der Waals surface area contributed by atoms with Crippen molar-refractivity contribution in [2.24, 2.45) is 0 Å². The zero-order valence-electron chi connectivity index (χ0n) is 16.3. The molecule has 0 bridgehead atoms. The normalized spacial score (nSPS) is 26.1. The number of piperazine rings is 1. The van der Waals surface area contributed by atoms with Crippen LogP contribution in [0.1, 0.15) is 33.6 Å². The van der Waals surface area contributed by atoms with Crippen molar-refractivity contribution in [2.75, 3.05) is 38.5 Å². The number of hydrogen-bond donors (Lipinski definition) is 1. The van der Waals surface area contributed by atoms with Crippen molar-refractivity contribution in [3.63, 3.8) is 0 Å². The second-order valence-electron chi connectivity index (χ2n) is 7.93. The lowest BCUT2D eigenvalue weighted by atomic mass is 9.78. The minimum Gasteiger partial charge on any atom is -0.336 e. The highest BCUT2D eigenvalue weighted by atomic mass is 35.5. The zero-order chi connectivity index (χ0) is 20.2. The summed E-state index contributed by atoms with van der Waals surface area (Å²) in [6, 6.07) is 6.66. The predicted molar refractivity (Wildman–Crippen MR) is 115 cm³/mol. The van der Waals surface area contributed by atoms with E-state index in [2.05, 4.69) is 10.2 Å². The Hall–Kier alpha value is -2.16. The molecular formula is C21H22ClN3O4S. The lowest BCUT2D eigenvalue weighted by Gasteiger charge is -2.41. The maximum Gasteiger partial charge on any atom is 0.254 e. The van der Waals surface area contributed by atoms with Crippen LogP contribution in [0.5, 0.6) is 0 Å². The van der Waals surface area contributed by atoms with Crippen LogP contribution in [0.3, 0.4) is 0 Å². The summed E-state index contributed by atoms with van der Waals surface area (Å²) < 4.78 is 0. The van der Waals surface area contributed by atoms with Crippen LogP contribution in [-0.4, -0.2) is 77.2 Å². The number of nitrogens with one attached hydrogen (secondary N) is 1. The Kier molecular flexibility index (Phi) is 5.50. The molecule has 30 heavy (non-hydrogen) atoms. The minimum absolute atomic E-state index is 0. The van der Waals surface area contributed by atoms with Gasteiger partial charge in [-0.25, -0.2) is 0 Å². The number of carbonyl (C=O) groups excluding carboxylic acids is 4. The van der Waals surface area contributed by atoms with E-state index in [0.29, 0.717) is 29.1 Å². The maximum atomic E-state index is 13.5. The molecule has 1 aliphatic carbocycles. The van der Waals surface area contributed by atoms with Gasteiger partial charge < -0.3 is 15.1 Å². The number of rotatable bonds is 3. The molecule has 2 saturated heterocycles. The zero-order valence-corrected chi connectivity index (χ0v) is 17.9. The quantitative estimate of drug-likeness (QED) is 0.751. The second-order valence-corrected chi connectivity index (χ2v) is 8.91. The molecule has 3 aliphatic heterocycles. The van der Waals surface area contributed by atoms with Crippen LogP contribution in [0.15, 0.2) is 34.7 Å². The third kappa shape index (κ3) is 3.09. The van der Waals surface area contributed by atoms with E-state index in [1.54, 1.807) is 29.2 Å². The van der Waals surface area contributed by atoms with Crippen LogP contribution in [-0.2, 0) is 9.59 Å². The molecule has 0 saturated carbocycles. The molecular weight excluding hydrogens is 426 g/mol. The van der Waals surface area contributed by atoms with Crippen molar-refractivity contribution in [1.29, 1.82) is 0 Å². The summed E-state index contributed by atoms with van der Waals surface area (Å²) in [7, 11) is 0. The molecule has 2 fully saturated rings. The van der Waals surface area contributed by atoms with E-state index < -0.39 is 5.54 Å². The molecule has 1 atom stereocenters. The third-order valence-corrected chi connectivity index (χ3v) is 7.42. The van der Waals surface area contributed by atoms with E-state index in [-0.39, 0.29) is 53.7 Å². The molecule has 9 heteroatoms.